The van der Waals surface area contributed by atoms with Gasteiger partial charge in [0.25, 0.3) is 10.0 Å². The fraction of sp³-hybridized carbons (Fsp3) is 0.0769. The van der Waals surface area contributed by atoms with Crippen molar-refractivity contribution in [3.63, 3.8) is 0 Å². The van der Waals surface area contributed by atoms with E-state index in [0.29, 0.717) is 11.4 Å². The molecule has 1 aromatic heterocycles. The lowest BCUT2D eigenvalue weighted by atomic mass is 10.2. The molecule has 0 fully saturated rings. The van der Waals surface area contributed by atoms with Crippen molar-refractivity contribution in [3.05, 3.63) is 51.8 Å². The van der Waals surface area contributed by atoms with Crippen LogP contribution >= 0.6 is 23.2 Å². The molecular weight excluding hydrogens is 333 g/mol. The highest BCUT2D eigenvalue weighted by Gasteiger charge is 2.17. The molecule has 8 heteroatoms. The number of sulfonamides is 1. The van der Waals surface area contributed by atoms with Crippen LogP contribution in [0, 0.1) is 18.3 Å². The molecule has 0 saturated heterocycles. The number of hydrogen-bond donors (Lipinski definition) is 1. The summed E-state index contributed by atoms with van der Waals surface area (Å²) in [7, 11) is -3.82. The maximum Gasteiger partial charge on any atom is 0.262 e. The summed E-state index contributed by atoms with van der Waals surface area (Å²) in [5.74, 6) is 0. The van der Waals surface area contributed by atoms with Crippen LogP contribution < -0.4 is 4.72 Å². The summed E-state index contributed by atoms with van der Waals surface area (Å²) < 4.78 is 27.0. The Bertz CT molecular complexity index is 845. The van der Waals surface area contributed by atoms with Gasteiger partial charge in [0.2, 0.25) is 0 Å². The van der Waals surface area contributed by atoms with E-state index in [-0.39, 0.29) is 20.6 Å². The Kier molecular flexibility index (Phi) is 4.37. The van der Waals surface area contributed by atoms with E-state index < -0.39 is 10.0 Å². The number of rotatable bonds is 3. The highest BCUT2D eigenvalue weighted by atomic mass is 35.5. The van der Waals surface area contributed by atoms with Gasteiger partial charge in [0.15, 0.2) is 0 Å². The number of aryl methyl sites for hydroxylation is 1. The van der Waals surface area contributed by atoms with Crippen molar-refractivity contribution in [2.75, 3.05) is 4.72 Å². The molecule has 21 heavy (non-hydrogen) atoms. The molecule has 1 heterocycles. The van der Waals surface area contributed by atoms with Gasteiger partial charge in [-0.05, 0) is 37.3 Å². The molecular formula is C13H9Cl2N3O2S. The lowest BCUT2D eigenvalue weighted by Crippen LogP contribution is -2.14. The molecule has 0 aliphatic heterocycles. The standard InChI is InChI=1S/C13H9Cl2N3O2S/c1-8-12(4-5-13(15)17-8)18-21(19,20)10-3-2-9(7-16)11(14)6-10/h2-6,18H,1H3. The van der Waals surface area contributed by atoms with Crippen LogP contribution in [0.25, 0.3) is 0 Å². The van der Waals surface area contributed by atoms with Crippen molar-refractivity contribution >= 4 is 38.9 Å². The molecule has 1 N–H and O–H groups in total. The molecule has 0 bridgehead atoms. The maximum absolute atomic E-state index is 12.3. The van der Waals surface area contributed by atoms with Crippen LogP contribution in [0.5, 0.6) is 0 Å². The number of nitrogens with one attached hydrogen (secondary N) is 1. The second-order valence-corrected chi connectivity index (χ2v) is 6.60. The minimum absolute atomic E-state index is 0.0409. The zero-order chi connectivity index (χ0) is 15.6. The number of nitrogens with zero attached hydrogens (tertiary/aromatic N) is 2. The molecule has 0 saturated carbocycles. The van der Waals surface area contributed by atoms with Gasteiger partial charge in [0.05, 0.1) is 26.9 Å². The number of halogens is 2. The van der Waals surface area contributed by atoms with Gasteiger partial charge in [-0.15, -0.1) is 0 Å². The molecule has 0 aliphatic rings. The van der Waals surface area contributed by atoms with E-state index in [0.717, 1.165) is 0 Å². The second kappa shape index (κ2) is 5.90. The van der Waals surface area contributed by atoms with Crippen LogP contribution in [0.15, 0.2) is 35.2 Å². The average Bonchev–Trinajstić information content (AvgIpc) is 2.42. The average molecular weight is 342 g/mol. The van der Waals surface area contributed by atoms with Crippen molar-refractivity contribution in [1.82, 2.24) is 4.98 Å². The minimum atomic E-state index is -3.82. The van der Waals surface area contributed by atoms with Crippen molar-refractivity contribution in [1.29, 1.82) is 5.26 Å². The minimum Gasteiger partial charge on any atom is -0.278 e. The van der Waals surface area contributed by atoms with Crippen molar-refractivity contribution in [2.45, 2.75) is 11.8 Å². The topological polar surface area (TPSA) is 82.8 Å². The summed E-state index contributed by atoms with van der Waals surface area (Å²) in [5.41, 5.74) is 0.977. The van der Waals surface area contributed by atoms with Gasteiger partial charge in [0.1, 0.15) is 11.2 Å². The third-order valence-electron chi connectivity index (χ3n) is 2.67. The fourth-order valence-electron chi connectivity index (χ4n) is 1.60. The Morgan fingerprint density at radius 2 is 1.95 bits per heavy atom. The number of benzene rings is 1. The maximum atomic E-state index is 12.3. The molecule has 0 spiro atoms. The zero-order valence-electron chi connectivity index (χ0n) is 10.8. The van der Waals surface area contributed by atoms with Gasteiger partial charge in [-0.2, -0.15) is 5.26 Å². The quantitative estimate of drug-likeness (QED) is 0.867. The van der Waals surface area contributed by atoms with Crippen molar-refractivity contribution < 1.29 is 8.42 Å². The van der Waals surface area contributed by atoms with Crippen molar-refractivity contribution in [3.8, 4) is 6.07 Å². The van der Waals surface area contributed by atoms with Crippen LogP contribution in [-0.2, 0) is 10.0 Å². The Hall–Kier alpha value is -1.81. The summed E-state index contributed by atoms with van der Waals surface area (Å²) in [4.78, 5) is 3.92. The third-order valence-corrected chi connectivity index (χ3v) is 4.55. The van der Waals surface area contributed by atoms with Gasteiger partial charge >= 0.3 is 0 Å². The lowest BCUT2D eigenvalue weighted by molar-refractivity contribution is 0.601. The largest absolute Gasteiger partial charge is 0.278 e. The van der Waals surface area contributed by atoms with E-state index >= 15 is 0 Å². The van der Waals surface area contributed by atoms with Crippen LogP contribution in [-0.4, -0.2) is 13.4 Å². The van der Waals surface area contributed by atoms with Crippen molar-refractivity contribution in [2.24, 2.45) is 0 Å². The molecule has 0 amide bonds. The highest BCUT2D eigenvalue weighted by Crippen LogP contribution is 2.23. The van der Waals surface area contributed by atoms with Crippen LogP contribution in [0.2, 0.25) is 10.2 Å². The summed E-state index contributed by atoms with van der Waals surface area (Å²) in [5, 5.41) is 9.14. The number of hydrogen-bond acceptors (Lipinski definition) is 4. The van der Waals surface area contributed by atoms with E-state index in [2.05, 4.69) is 9.71 Å². The van der Waals surface area contributed by atoms with E-state index in [1.807, 2.05) is 6.07 Å². The first-order valence-electron chi connectivity index (χ1n) is 5.69. The van der Waals surface area contributed by atoms with Crippen LogP contribution in [0.4, 0.5) is 5.69 Å². The Morgan fingerprint density at radius 3 is 2.52 bits per heavy atom. The van der Waals surface area contributed by atoms with Gasteiger partial charge < -0.3 is 0 Å². The van der Waals surface area contributed by atoms with Gasteiger partial charge in [-0.1, -0.05) is 23.2 Å². The van der Waals surface area contributed by atoms with Gasteiger partial charge in [0, 0.05) is 0 Å². The molecule has 108 valence electrons. The molecule has 0 aliphatic carbocycles. The van der Waals surface area contributed by atoms with Crippen LogP contribution in [0.3, 0.4) is 0 Å². The summed E-state index contributed by atoms with van der Waals surface area (Å²) in [6, 6.07) is 8.76. The molecule has 0 radical (unpaired) electrons. The smallest absolute Gasteiger partial charge is 0.262 e. The summed E-state index contributed by atoms with van der Waals surface area (Å²) in [6.07, 6.45) is 0. The fourth-order valence-corrected chi connectivity index (χ4v) is 3.22. The highest BCUT2D eigenvalue weighted by molar-refractivity contribution is 7.92. The molecule has 0 atom stereocenters. The molecule has 5 nitrogen and oxygen atoms in total. The second-order valence-electron chi connectivity index (χ2n) is 4.13. The first kappa shape index (κ1) is 15.6. The first-order chi connectivity index (χ1) is 9.83. The predicted molar refractivity (Wildman–Crippen MR) is 81.0 cm³/mol. The summed E-state index contributed by atoms with van der Waals surface area (Å²) in [6.45, 7) is 1.63. The van der Waals surface area contributed by atoms with Gasteiger partial charge in [-0.25, -0.2) is 13.4 Å². The number of pyridine rings is 1. The molecule has 1 aromatic carbocycles. The molecule has 2 rings (SSSR count). The monoisotopic (exact) mass is 341 g/mol. The van der Waals surface area contributed by atoms with E-state index in [1.54, 1.807) is 6.92 Å². The van der Waals surface area contributed by atoms with E-state index in [9.17, 15) is 8.42 Å². The van der Waals surface area contributed by atoms with Crippen LogP contribution in [0.1, 0.15) is 11.3 Å². The SMILES string of the molecule is Cc1nc(Cl)ccc1NS(=O)(=O)c1ccc(C#N)c(Cl)c1. The number of aromatic nitrogens is 1. The van der Waals surface area contributed by atoms with E-state index in [4.69, 9.17) is 28.5 Å². The Morgan fingerprint density at radius 1 is 1.24 bits per heavy atom. The molecule has 2 aromatic rings. The van der Waals surface area contributed by atoms with Gasteiger partial charge in [-0.3, -0.25) is 4.72 Å². The Labute approximate surface area is 132 Å². The number of anilines is 1. The predicted octanol–water partition coefficient (Wildman–Crippen LogP) is 3.37. The first-order valence-corrected chi connectivity index (χ1v) is 7.93. The van der Waals surface area contributed by atoms with E-state index in [1.165, 1.54) is 30.3 Å². The number of nitriles is 1. The Balaban J connectivity index is 2.39. The lowest BCUT2D eigenvalue weighted by Gasteiger charge is -2.10. The third kappa shape index (κ3) is 3.45. The zero-order valence-corrected chi connectivity index (χ0v) is 13.1. The normalized spacial score (nSPS) is 11.0. The summed E-state index contributed by atoms with van der Waals surface area (Å²) >= 11 is 11.6. The molecule has 0 unspecified atom stereocenters.